The van der Waals surface area contributed by atoms with Crippen molar-refractivity contribution >= 4 is 11.6 Å². The largest absolute Gasteiger partial charge is 0.497 e. The van der Waals surface area contributed by atoms with Gasteiger partial charge in [-0.25, -0.2) is 4.39 Å². The number of carbonyl (C=O) groups excluding carboxylic acids is 1. The molecule has 150 valence electrons. The molecule has 0 atom stereocenters. The minimum Gasteiger partial charge on any atom is -0.497 e. The van der Waals surface area contributed by atoms with E-state index in [-0.39, 0.29) is 17.7 Å². The number of nitrogens with one attached hydrogen (secondary N) is 1. The van der Waals surface area contributed by atoms with Gasteiger partial charge in [0.2, 0.25) is 0 Å². The Hall–Kier alpha value is -3.61. The Bertz CT molecular complexity index is 1090. The van der Waals surface area contributed by atoms with Gasteiger partial charge < -0.3 is 19.4 Å². The van der Waals surface area contributed by atoms with E-state index in [0.29, 0.717) is 22.7 Å². The standard InChI is InChI=1S/C22H21FN2O4/c1-14-4-6-17(10-20(14)23)24-22(27)16-5-7-21(26)25(13-16)12-15-8-18(28-2)11-19(9-15)29-3/h4-11,13H,12H2,1-3H3,(H,24,27). The third kappa shape index (κ3) is 4.82. The van der Waals surface area contributed by atoms with Crippen LogP contribution in [0.25, 0.3) is 0 Å². The molecule has 1 amide bonds. The number of rotatable bonds is 6. The smallest absolute Gasteiger partial charge is 0.257 e. The Morgan fingerprint density at radius 3 is 2.34 bits per heavy atom. The van der Waals surface area contributed by atoms with E-state index in [0.717, 1.165) is 5.56 Å². The van der Waals surface area contributed by atoms with E-state index in [1.807, 2.05) is 0 Å². The molecule has 0 saturated carbocycles. The number of nitrogens with zero attached hydrogens (tertiary/aromatic N) is 1. The van der Waals surface area contributed by atoms with Crippen molar-refractivity contribution in [2.75, 3.05) is 19.5 Å². The molecule has 2 aromatic carbocycles. The molecular weight excluding hydrogens is 375 g/mol. The van der Waals surface area contributed by atoms with E-state index in [1.165, 1.54) is 29.0 Å². The lowest BCUT2D eigenvalue weighted by molar-refractivity contribution is 0.102. The monoisotopic (exact) mass is 396 g/mol. The third-order valence-corrected chi connectivity index (χ3v) is 4.44. The van der Waals surface area contributed by atoms with E-state index < -0.39 is 11.7 Å². The second-order valence-electron chi connectivity index (χ2n) is 6.52. The molecule has 29 heavy (non-hydrogen) atoms. The van der Waals surface area contributed by atoms with Crippen molar-refractivity contribution in [3.63, 3.8) is 0 Å². The summed E-state index contributed by atoms with van der Waals surface area (Å²) in [6, 6.07) is 12.5. The molecule has 0 aliphatic rings. The lowest BCUT2D eigenvalue weighted by Crippen LogP contribution is -2.22. The van der Waals surface area contributed by atoms with Crippen molar-refractivity contribution in [3.8, 4) is 11.5 Å². The minimum absolute atomic E-state index is 0.229. The van der Waals surface area contributed by atoms with Crippen LogP contribution in [0.3, 0.4) is 0 Å². The molecule has 0 bridgehead atoms. The zero-order chi connectivity index (χ0) is 21.0. The number of ether oxygens (including phenoxy) is 2. The van der Waals surface area contributed by atoms with Crippen molar-refractivity contribution in [1.29, 1.82) is 0 Å². The van der Waals surface area contributed by atoms with Crippen LogP contribution in [0.5, 0.6) is 11.5 Å². The highest BCUT2D eigenvalue weighted by molar-refractivity contribution is 6.04. The second kappa shape index (κ2) is 8.60. The molecule has 7 heteroatoms. The summed E-state index contributed by atoms with van der Waals surface area (Å²) in [5.74, 6) is 0.357. The van der Waals surface area contributed by atoms with Gasteiger partial charge in [-0.3, -0.25) is 9.59 Å². The van der Waals surface area contributed by atoms with Crippen LogP contribution in [-0.4, -0.2) is 24.7 Å². The van der Waals surface area contributed by atoms with E-state index in [2.05, 4.69) is 5.32 Å². The number of aromatic nitrogens is 1. The van der Waals surface area contributed by atoms with Gasteiger partial charge >= 0.3 is 0 Å². The summed E-state index contributed by atoms with van der Waals surface area (Å²) in [5.41, 5.74) is 1.63. The van der Waals surface area contributed by atoms with Gasteiger partial charge in [0.15, 0.2) is 0 Å². The van der Waals surface area contributed by atoms with E-state index in [4.69, 9.17) is 9.47 Å². The topological polar surface area (TPSA) is 69.6 Å². The molecule has 0 spiro atoms. The number of benzene rings is 2. The van der Waals surface area contributed by atoms with Crippen LogP contribution in [0.15, 0.2) is 59.5 Å². The fourth-order valence-corrected chi connectivity index (χ4v) is 2.82. The van der Waals surface area contributed by atoms with Crippen molar-refractivity contribution < 1.29 is 18.7 Å². The van der Waals surface area contributed by atoms with Crippen molar-refractivity contribution in [2.24, 2.45) is 0 Å². The van der Waals surface area contributed by atoms with Crippen LogP contribution in [0, 0.1) is 12.7 Å². The fraction of sp³-hybridized carbons (Fsp3) is 0.182. The fourth-order valence-electron chi connectivity index (χ4n) is 2.82. The summed E-state index contributed by atoms with van der Waals surface area (Å²) in [6.45, 7) is 1.87. The van der Waals surface area contributed by atoms with E-state index in [1.54, 1.807) is 51.5 Å². The number of anilines is 1. The first-order chi connectivity index (χ1) is 13.9. The molecule has 0 radical (unpaired) electrons. The molecule has 0 aliphatic carbocycles. The Kier molecular flexibility index (Phi) is 5.97. The van der Waals surface area contributed by atoms with Gasteiger partial charge in [-0.15, -0.1) is 0 Å². The average molecular weight is 396 g/mol. The number of amides is 1. The van der Waals surface area contributed by atoms with E-state index in [9.17, 15) is 14.0 Å². The first-order valence-electron chi connectivity index (χ1n) is 8.89. The molecule has 0 saturated heterocycles. The maximum Gasteiger partial charge on any atom is 0.257 e. The Morgan fingerprint density at radius 1 is 1.03 bits per heavy atom. The highest BCUT2D eigenvalue weighted by atomic mass is 19.1. The zero-order valence-electron chi connectivity index (χ0n) is 16.4. The van der Waals surface area contributed by atoms with Gasteiger partial charge in [-0.05, 0) is 48.4 Å². The Balaban J connectivity index is 1.85. The molecule has 0 fully saturated rings. The van der Waals surface area contributed by atoms with E-state index >= 15 is 0 Å². The molecule has 1 heterocycles. The average Bonchev–Trinajstić information content (AvgIpc) is 2.72. The van der Waals surface area contributed by atoms with Crippen LogP contribution in [0.4, 0.5) is 10.1 Å². The van der Waals surface area contributed by atoms with Crippen LogP contribution in [0.1, 0.15) is 21.5 Å². The summed E-state index contributed by atoms with van der Waals surface area (Å²) in [5, 5.41) is 2.64. The lowest BCUT2D eigenvalue weighted by atomic mass is 10.2. The highest BCUT2D eigenvalue weighted by Gasteiger charge is 2.11. The number of pyridine rings is 1. The number of methoxy groups -OCH3 is 2. The number of carbonyl (C=O) groups is 1. The number of halogens is 1. The highest BCUT2D eigenvalue weighted by Crippen LogP contribution is 2.23. The summed E-state index contributed by atoms with van der Waals surface area (Å²) in [4.78, 5) is 24.8. The number of aryl methyl sites for hydroxylation is 1. The maximum atomic E-state index is 13.7. The van der Waals surface area contributed by atoms with Gasteiger partial charge in [-0.1, -0.05) is 6.07 Å². The van der Waals surface area contributed by atoms with Crippen LogP contribution in [-0.2, 0) is 6.54 Å². The van der Waals surface area contributed by atoms with Gasteiger partial charge in [0.25, 0.3) is 11.5 Å². The Labute approximate surface area is 167 Å². The zero-order valence-corrected chi connectivity index (χ0v) is 16.4. The minimum atomic E-state index is -0.440. The first kappa shape index (κ1) is 20.1. The number of hydrogen-bond donors (Lipinski definition) is 1. The van der Waals surface area contributed by atoms with Crippen LogP contribution in [0.2, 0.25) is 0 Å². The van der Waals surface area contributed by atoms with Gasteiger partial charge in [0.1, 0.15) is 17.3 Å². The molecule has 1 aromatic heterocycles. The summed E-state index contributed by atoms with van der Waals surface area (Å²) in [7, 11) is 3.09. The maximum absolute atomic E-state index is 13.7. The lowest BCUT2D eigenvalue weighted by Gasteiger charge is -2.12. The molecule has 3 rings (SSSR count). The summed E-state index contributed by atoms with van der Waals surface area (Å²) < 4.78 is 25.6. The molecule has 1 N–H and O–H groups in total. The quantitative estimate of drug-likeness (QED) is 0.691. The van der Waals surface area contributed by atoms with Gasteiger partial charge in [-0.2, -0.15) is 0 Å². The second-order valence-corrected chi connectivity index (χ2v) is 6.52. The molecule has 0 unspecified atom stereocenters. The molecule has 0 aliphatic heterocycles. The summed E-state index contributed by atoms with van der Waals surface area (Å²) >= 11 is 0. The molecule has 3 aromatic rings. The normalized spacial score (nSPS) is 10.5. The summed E-state index contributed by atoms with van der Waals surface area (Å²) in [6.07, 6.45) is 1.47. The van der Waals surface area contributed by atoms with Crippen LogP contribution < -0.4 is 20.3 Å². The predicted octanol–water partition coefficient (Wildman–Crippen LogP) is 3.61. The SMILES string of the molecule is COc1cc(Cn2cc(C(=O)Nc3ccc(C)c(F)c3)ccc2=O)cc(OC)c1. The number of hydrogen-bond acceptors (Lipinski definition) is 4. The molecule has 6 nitrogen and oxygen atoms in total. The van der Waals surface area contributed by atoms with Crippen molar-refractivity contribution in [1.82, 2.24) is 4.57 Å². The predicted molar refractivity (Wildman–Crippen MR) is 108 cm³/mol. The van der Waals surface area contributed by atoms with Crippen molar-refractivity contribution in [2.45, 2.75) is 13.5 Å². The third-order valence-electron chi connectivity index (χ3n) is 4.44. The van der Waals surface area contributed by atoms with Gasteiger partial charge in [0, 0.05) is 24.0 Å². The Morgan fingerprint density at radius 2 is 1.72 bits per heavy atom. The van der Waals surface area contributed by atoms with Gasteiger partial charge in [0.05, 0.1) is 26.3 Å². The first-order valence-corrected chi connectivity index (χ1v) is 8.89. The molecular formula is C22H21FN2O4. The van der Waals surface area contributed by atoms with Crippen molar-refractivity contribution in [3.05, 3.63) is 87.6 Å². The van der Waals surface area contributed by atoms with Crippen LogP contribution >= 0.6 is 0 Å².